The molecule has 0 spiro atoms. The van der Waals surface area contributed by atoms with Gasteiger partial charge in [0, 0.05) is 18.4 Å². The fourth-order valence-electron chi connectivity index (χ4n) is 1.20. The van der Waals surface area contributed by atoms with Gasteiger partial charge in [-0.2, -0.15) is 13.2 Å². The van der Waals surface area contributed by atoms with E-state index in [1.165, 1.54) is 6.07 Å². The van der Waals surface area contributed by atoms with Crippen LogP contribution in [0.4, 0.5) is 18.9 Å². The Morgan fingerprint density at radius 2 is 2.17 bits per heavy atom. The number of nitrogens with one attached hydrogen (secondary N) is 1. The van der Waals surface area contributed by atoms with Gasteiger partial charge in [0.15, 0.2) is 6.10 Å². The molecule has 1 aromatic rings. The van der Waals surface area contributed by atoms with Crippen LogP contribution in [-0.2, 0) is 0 Å². The molecule has 1 aromatic heterocycles. The molecule has 1 rings (SSSR count). The zero-order chi connectivity index (χ0) is 13.9. The number of pyridine rings is 1. The van der Waals surface area contributed by atoms with E-state index >= 15 is 0 Å². The molecule has 0 fully saturated rings. The van der Waals surface area contributed by atoms with E-state index in [4.69, 9.17) is 10.2 Å². The third kappa shape index (κ3) is 3.59. The van der Waals surface area contributed by atoms with Crippen molar-refractivity contribution in [1.29, 1.82) is 0 Å². The number of carbonyl (C=O) groups is 1. The third-order valence-corrected chi connectivity index (χ3v) is 2.13. The van der Waals surface area contributed by atoms with Gasteiger partial charge in [-0.1, -0.05) is 0 Å². The van der Waals surface area contributed by atoms with Crippen LogP contribution in [0.1, 0.15) is 16.1 Å². The summed E-state index contributed by atoms with van der Waals surface area (Å²) in [5.41, 5.74) is 0.178. The number of carboxylic acid groups (broad SMARTS) is 1. The molecule has 0 radical (unpaired) electrons. The zero-order valence-electron chi connectivity index (χ0n) is 9.32. The summed E-state index contributed by atoms with van der Waals surface area (Å²) in [5.74, 6) is -1.31. The average Bonchev–Trinajstić information content (AvgIpc) is 2.24. The monoisotopic (exact) mass is 264 g/mol. The first-order valence-electron chi connectivity index (χ1n) is 4.90. The molecule has 0 aliphatic rings. The van der Waals surface area contributed by atoms with Gasteiger partial charge in [-0.3, -0.25) is 4.98 Å². The minimum absolute atomic E-state index is 0.0155. The predicted octanol–water partition coefficient (Wildman–Crippen LogP) is 1.42. The van der Waals surface area contributed by atoms with Crippen molar-refractivity contribution in [2.24, 2.45) is 0 Å². The van der Waals surface area contributed by atoms with Crippen molar-refractivity contribution in [3.05, 3.63) is 23.5 Å². The second-order valence-corrected chi connectivity index (χ2v) is 3.61. The average molecular weight is 264 g/mol. The highest BCUT2D eigenvalue weighted by Gasteiger charge is 2.38. The molecule has 1 unspecified atom stereocenters. The van der Waals surface area contributed by atoms with Gasteiger partial charge in [-0.15, -0.1) is 0 Å². The first kappa shape index (κ1) is 14.2. The lowest BCUT2D eigenvalue weighted by Crippen LogP contribution is -2.35. The lowest BCUT2D eigenvalue weighted by molar-refractivity contribution is -0.198. The molecule has 1 heterocycles. The van der Waals surface area contributed by atoms with Gasteiger partial charge in [0.1, 0.15) is 5.56 Å². The smallest absolute Gasteiger partial charge is 0.416 e. The molecule has 0 aromatic carbocycles. The topological polar surface area (TPSA) is 82.5 Å². The van der Waals surface area contributed by atoms with Gasteiger partial charge >= 0.3 is 12.1 Å². The van der Waals surface area contributed by atoms with E-state index in [-0.39, 0.29) is 11.3 Å². The van der Waals surface area contributed by atoms with Crippen LogP contribution in [0.5, 0.6) is 0 Å². The molecule has 0 bridgehead atoms. The summed E-state index contributed by atoms with van der Waals surface area (Å²) in [7, 11) is 0. The molecule has 18 heavy (non-hydrogen) atoms. The number of alkyl halides is 3. The van der Waals surface area contributed by atoms with Crippen LogP contribution >= 0.6 is 0 Å². The van der Waals surface area contributed by atoms with Gasteiger partial charge in [0.2, 0.25) is 0 Å². The van der Waals surface area contributed by atoms with Crippen molar-refractivity contribution in [1.82, 2.24) is 4.98 Å². The number of nitrogens with zero attached hydrogens (tertiary/aromatic N) is 1. The molecule has 0 saturated heterocycles. The molecule has 3 N–H and O–H groups in total. The molecule has 0 aliphatic carbocycles. The van der Waals surface area contributed by atoms with Crippen molar-refractivity contribution in [2.45, 2.75) is 19.2 Å². The summed E-state index contributed by atoms with van der Waals surface area (Å²) in [5, 5.41) is 19.9. The number of hydrogen-bond donors (Lipinski definition) is 3. The number of hydrogen-bond acceptors (Lipinski definition) is 4. The molecule has 0 amide bonds. The minimum atomic E-state index is -4.75. The highest BCUT2D eigenvalue weighted by molar-refractivity contribution is 5.93. The lowest BCUT2D eigenvalue weighted by Gasteiger charge is -2.16. The summed E-state index contributed by atoms with van der Waals surface area (Å²) < 4.78 is 36.2. The second kappa shape index (κ2) is 5.21. The number of aliphatic hydroxyl groups excluding tert-OH is 1. The van der Waals surface area contributed by atoms with Crippen molar-refractivity contribution in [3.8, 4) is 0 Å². The Hall–Kier alpha value is -1.83. The highest BCUT2D eigenvalue weighted by atomic mass is 19.4. The van der Waals surface area contributed by atoms with Crippen LogP contribution in [0.15, 0.2) is 12.3 Å². The fourth-order valence-corrected chi connectivity index (χ4v) is 1.20. The molecule has 0 aliphatic heterocycles. The Bertz CT molecular complexity index is 448. The second-order valence-electron chi connectivity index (χ2n) is 3.61. The molecule has 5 nitrogen and oxygen atoms in total. The Balaban J connectivity index is 2.84. The summed E-state index contributed by atoms with van der Waals surface area (Å²) in [6.07, 6.45) is -6.27. The number of aromatic nitrogens is 1. The zero-order valence-corrected chi connectivity index (χ0v) is 9.32. The maximum Gasteiger partial charge on any atom is 0.416 e. The van der Waals surface area contributed by atoms with E-state index in [0.717, 1.165) is 6.20 Å². The number of aliphatic hydroxyl groups is 1. The van der Waals surface area contributed by atoms with Gasteiger partial charge in [0.05, 0.1) is 5.69 Å². The van der Waals surface area contributed by atoms with E-state index in [1.807, 2.05) is 0 Å². The van der Waals surface area contributed by atoms with Crippen LogP contribution in [-0.4, -0.2) is 40.0 Å². The maximum atomic E-state index is 12.1. The fraction of sp³-hybridized carbons (Fsp3) is 0.400. The maximum absolute atomic E-state index is 12.1. The van der Waals surface area contributed by atoms with Gasteiger partial charge in [-0.25, -0.2) is 4.79 Å². The quantitative estimate of drug-likeness (QED) is 0.766. The number of halogens is 3. The highest BCUT2D eigenvalue weighted by Crippen LogP contribution is 2.21. The SMILES string of the molecule is Cc1cc(NCC(O)C(F)(F)F)c(C(=O)O)cn1. The van der Waals surface area contributed by atoms with E-state index in [1.54, 1.807) is 6.92 Å². The molecular weight excluding hydrogens is 253 g/mol. The number of aryl methyl sites for hydroxylation is 1. The molecular formula is C10H11F3N2O3. The molecule has 8 heteroatoms. The number of anilines is 1. The summed E-state index contributed by atoms with van der Waals surface area (Å²) >= 11 is 0. The number of carboxylic acids is 1. The van der Waals surface area contributed by atoms with E-state index in [0.29, 0.717) is 5.69 Å². The van der Waals surface area contributed by atoms with Gasteiger partial charge < -0.3 is 15.5 Å². The van der Waals surface area contributed by atoms with Crippen LogP contribution in [0.25, 0.3) is 0 Å². The van der Waals surface area contributed by atoms with Crippen molar-refractivity contribution in [2.75, 3.05) is 11.9 Å². The van der Waals surface area contributed by atoms with Crippen molar-refractivity contribution in [3.63, 3.8) is 0 Å². The van der Waals surface area contributed by atoms with Gasteiger partial charge in [-0.05, 0) is 13.0 Å². The Labute approximate surface area is 100 Å². The predicted molar refractivity (Wildman–Crippen MR) is 56.5 cm³/mol. The molecule has 100 valence electrons. The lowest BCUT2D eigenvalue weighted by atomic mass is 10.2. The first-order valence-corrected chi connectivity index (χ1v) is 4.90. The standard InChI is InChI=1S/C10H11F3N2O3/c1-5-2-7(6(3-14-5)9(17)18)15-4-8(16)10(11,12)13/h2-3,8,16H,4H2,1H3,(H,14,15)(H,17,18). The minimum Gasteiger partial charge on any atom is -0.478 e. The Morgan fingerprint density at radius 1 is 1.56 bits per heavy atom. The normalized spacial score (nSPS) is 13.2. The van der Waals surface area contributed by atoms with E-state index in [9.17, 15) is 18.0 Å². The first-order chi connectivity index (χ1) is 8.21. The van der Waals surface area contributed by atoms with Crippen LogP contribution in [0.3, 0.4) is 0 Å². The largest absolute Gasteiger partial charge is 0.478 e. The number of rotatable bonds is 4. The third-order valence-electron chi connectivity index (χ3n) is 2.13. The van der Waals surface area contributed by atoms with Crippen molar-refractivity contribution >= 4 is 11.7 Å². The van der Waals surface area contributed by atoms with Crippen LogP contribution < -0.4 is 5.32 Å². The Morgan fingerprint density at radius 3 is 2.67 bits per heavy atom. The molecule has 0 saturated carbocycles. The van der Waals surface area contributed by atoms with Crippen LogP contribution in [0.2, 0.25) is 0 Å². The summed E-state index contributed by atoms with van der Waals surface area (Å²) in [6, 6.07) is 1.30. The molecule has 1 atom stereocenters. The van der Waals surface area contributed by atoms with Crippen LogP contribution in [0, 0.1) is 6.92 Å². The van der Waals surface area contributed by atoms with E-state index in [2.05, 4.69) is 10.3 Å². The Kier molecular flexibility index (Phi) is 4.12. The van der Waals surface area contributed by atoms with Crippen molar-refractivity contribution < 1.29 is 28.2 Å². The van der Waals surface area contributed by atoms with Gasteiger partial charge in [0.25, 0.3) is 0 Å². The number of aromatic carboxylic acids is 1. The summed E-state index contributed by atoms with van der Waals surface area (Å²) in [4.78, 5) is 14.5. The van der Waals surface area contributed by atoms with E-state index < -0.39 is 24.8 Å². The summed E-state index contributed by atoms with van der Waals surface area (Å²) in [6.45, 7) is 0.740.